The lowest BCUT2D eigenvalue weighted by Crippen LogP contribution is -2.50. The number of fused-ring (bicyclic) bond motifs is 1. The molecule has 0 N–H and O–H groups in total. The molecule has 29 heavy (non-hydrogen) atoms. The minimum absolute atomic E-state index is 0.249. The zero-order valence-electron chi connectivity index (χ0n) is 17.1. The van der Waals surface area contributed by atoms with Gasteiger partial charge in [-0.2, -0.15) is 9.97 Å². The number of nitrogens with zero attached hydrogens (tertiary/aromatic N) is 4. The Hall–Kier alpha value is -1.75. The first kappa shape index (κ1) is 21.9. The maximum Gasteiger partial charge on any atom is 0.410 e. The van der Waals surface area contributed by atoms with Crippen LogP contribution in [-0.2, 0) is 4.74 Å². The smallest absolute Gasteiger partial charge is 0.410 e. The number of methoxy groups -OCH3 is 2. The van der Waals surface area contributed by atoms with Crippen molar-refractivity contribution in [1.82, 2.24) is 14.9 Å². The number of anilines is 1. The third kappa shape index (κ3) is 4.71. The summed E-state index contributed by atoms with van der Waals surface area (Å²) in [5, 5.41) is 1.34. The second-order valence-corrected chi connectivity index (χ2v) is 9.08. The van der Waals surface area contributed by atoms with Gasteiger partial charge >= 0.3 is 12.1 Å². The molecule has 10 heteroatoms. The Morgan fingerprint density at radius 1 is 1.14 bits per heavy atom. The third-order valence-electron chi connectivity index (χ3n) is 4.42. The summed E-state index contributed by atoms with van der Waals surface area (Å²) < 4.78 is 17.1. The first-order valence-electron chi connectivity index (χ1n) is 9.15. The van der Waals surface area contributed by atoms with E-state index in [0.717, 1.165) is 8.96 Å². The van der Waals surface area contributed by atoms with Crippen molar-refractivity contribution in [2.75, 3.05) is 45.3 Å². The lowest BCUT2D eigenvalue weighted by molar-refractivity contribution is 0.0240. The van der Waals surface area contributed by atoms with Crippen LogP contribution in [0.3, 0.4) is 0 Å². The van der Waals surface area contributed by atoms with Crippen molar-refractivity contribution in [2.45, 2.75) is 26.4 Å². The van der Waals surface area contributed by atoms with Crippen molar-refractivity contribution in [1.29, 1.82) is 0 Å². The average Bonchev–Trinajstić information content (AvgIpc) is 2.67. The number of halogens is 2. The molecule has 0 saturated carbocycles. The average molecular weight is 535 g/mol. The molecule has 1 fully saturated rings. The van der Waals surface area contributed by atoms with Gasteiger partial charge in [0.15, 0.2) is 5.75 Å². The fourth-order valence-electron chi connectivity index (χ4n) is 3.09. The van der Waals surface area contributed by atoms with Gasteiger partial charge in [-0.25, -0.2) is 4.79 Å². The molecule has 1 saturated heterocycles. The van der Waals surface area contributed by atoms with Crippen LogP contribution in [0.25, 0.3) is 10.9 Å². The SMILES string of the molecule is COc1nc(N2CCN(C(=O)OC(C)(C)C)CC2)c2cc(Cl)c(I)c(OC)c2n1. The second-order valence-electron chi connectivity index (χ2n) is 7.59. The van der Waals surface area contributed by atoms with Crippen LogP contribution in [0.5, 0.6) is 11.8 Å². The van der Waals surface area contributed by atoms with E-state index in [1.807, 2.05) is 26.8 Å². The topological polar surface area (TPSA) is 77.0 Å². The molecule has 0 aliphatic carbocycles. The fourth-order valence-corrected chi connectivity index (χ4v) is 3.92. The number of hydrogen-bond acceptors (Lipinski definition) is 7. The number of aromatic nitrogens is 2. The van der Waals surface area contributed by atoms with Gasteiger partial charge in [-0.3, -0.25) is 0 Å². The van der Waals surface area contributed by atoms with Crippen LogP contribution in [-0.4, -0.2) is 67.0 Å². The van der Waals surface area contributed by atoms with Crippen LogP contribution in [0, 0.1) is 3.57 Å². The standard InChI is InChI=1S/C19H24ClIN4O4/c1-19(2,3)29-18(26)25-8-6-24(7-9-25)16-11-10-12(20)13(21)15(27-4)14(11)22-17(23-16)28-5/h10H,6-9H2,1-5H3. The van der Waals surface area contributed by atoms with Crippen molar-refractivity contribution < 1.29 is 19.0 Å². The number of piperazine rings is 1. The molecule has 0 spiro atoms. The fraction of sp³-hybridized carbons (Fsp3) is 0.526. The molecule has 1 aliphatic rings. The van der Waals surface area contributed by atoms with Crippen molar-refractivity contribution >= 4 is 57.0 Å². The minimum atomic E-state index is -0.519. The quantitative estimate of drug-likeness (QED) is 0.552. The lowest BCUT2D eigenvalue weighted by Gasteiger charge is -2.36. The highest BCUT2D eigenvalue weighted by atomic mass is 127. The van der Waals surface area contributed by atoms with Crippen molar-refractivity contribution in [3.8, 4) is 11.8 Å². The molecule has 0 bridgehead atoms. The van der Waals surface area contributed by atoms with Gasteiger partial charge in [-0.05, 0) is 49.4 Å². The zero-order valence-corrected chi connectivity index (χ0v) is 20.0. The van der Waals surface area contributed by atoms with E-state index in [9.17, 15) is 4.79 Å². The minimum Gasteiger partial charge on any atom is -0.493 e. The van der Waals surface area contributed by atoms with Crippen molar-refractivity contribution in [2.24, 2.45) is 0 Å². The van der Waals surface area contributed by atoms with E-state index in [0.29, 0.717) is 48.3 Å². The van der Waals surface area contributed by atoms with Crippen LogP contribution in [0.1, 0.15) is 20.8 Å². The van der Waals surface area contributed by atoms with Crippen LogP contribution in [0.15, 0.2) is 6.07 Å². The molecule has 0 radical (unpaired) electrons. The van der Waals surface area contributed by atoms with E-state index in [2.05, 4.69) is 37.5 Å². The van der Waals surface area contributed by atoms with Crippen molar-refractivity contribution in [3.05, 3.63) is 14.7 Å². The first-order chi connectivity index (χ1) is 13.6. The van der Waals surface area contributed by atoms with E-state index in [1.165, 1.54) is 7.11 Å². The van der Waals surface area contributed by atoms with Crippen LogP contribution in [0.2, 0.25) is 5.02 Å². The number of ether oxygens (including phenoxy) is 3. The number of amides is 1. The molecular formula is C19H24ClIN4O4. The number of rotatable bonds is 3. The molecule has 3 rings (SSSR count). The van der Waals surface area contributed by atoms with E-state index in [1.54, 1.807) is 12.0 Å². The molecule has 1 amide bonds. The van der Waals surface area contributed by atoms with E-state index in [-0.39, 0.29) is 12.1 Å². The molecule has 1 aliphatic heterocycles. The van der Waals surface area contributed by atoms with Gasteiger partial charge in [-0.15, -0.1) is 0 Å². The van der Waals surface area contributed by atoms with Crippen LogP contribution >= 0.6 is 34.2 Å². The largest absolute Gasteiger partial charge is 0.493 e. The van der Waals surface area contributed by atoms with Gasteiger partial charge < -0.3 is 24.0 Å². The van der Waals surface area contributed by atoms with Crippen molar-refractivity contribution in [3.63, 3.8) is 0 Å². The van der Waals surface area contributed by atoms with Gasteiger partial charge in [-0.1, -0.05) is 11.6 Å². The molecule has 0 unspecified atom stereocenters. The number of carbonyl (C=O) groups excluding carboxylic acids is 1. The zero-order chi connectivity index (χ0) is 21.3. The number of benzene rings is 1. The highest BCUT2D eigenvalue weighted by molar-refractivity contribution is 14.1. The third-order valence-corrected chi connectivity index (χ3v) is 6.11. The molecule has 0 atom stereocenters. The molecule has 2 aromatic rings. The Balaban J connectivity index is 1.93. The lowest BCUT2D eigenvalue weighted by atomic mass is 10.2. The Morgan fingerprint density at radius 2 is 1.79 bits per heavy atom. The predicted molar refractivity (Wildman–Crippen MR) is 120 cm³/mol. The molecule has 1 aromatic heterocycles. The van der Waals surface area contributed by atoms with E-state index < -0.39 is 5.60 Å². The summed E-state index contributed by atoms with van der Waals surface area (Å²) in [6.45, 7) is 7.83. The maximum atomic E-state index is 12.3. The normalized spacial score (nSPS) is 14.9. The monoisotopic (exact) mass is 534 g/mol. The summed E-state index contributed by atoms with van der Waals surface area (Å²) in [6.07, 6.45) is -0.304. The Morgan fingerprint density at radius 3 is 2.34 bits per heavy atom. The van der Waals surface area contributed by atoms with Gasteiger partial charge in [0.25, 0.3) is 0 Å². The molecule has 158 valence electrons. The first-order valence-corrected chi connectivity index (χ1v) is 10.6. The van der Waals surface area contributed by atoms with E-state index >= 15 is 0 Å². The van der Waals surface area contributed by atoms with Gasteiger partial charge in [0, 0.05) is 31.6 Å². The maximum absolute atomic E-state index is 12.3. The Kier molecular flexibility index (Phi) is 6.47. The van der Waals surface area contributed by atoms with Gasteiger partial charge in [0.2, 0.25) is 0 Å². The summed E-state index contributed by atoms with van der Waals surface area (Å²) in [6, 6.07) is 2.09. The summed E-state index contributed by atoms with van der Waals surface area (Å²) in [4.78, 5) is 25.2. The van der Waals surface area contributed by atoms with E-state index in [4.69, 9.17) is 25.8 Å². The van der Waals surface area contributed by atoms with Crippen LogP contribution < -0.4 is 14.4 Å². The second kappa shape index (κ2) is 8.55. The molecule has 8 nitrogen and oxygen atoms in total. The Labute approximate surface area is 188 Å². The summed E-state index contributed by atoms with van der Waals surface area (Å²) in [5.41, 5.74) is 0.118. The molecule has 1 aromatic carbocycles. The highest BCUT2D eigenvalue weighted by Crippen LogP contribution is 2.39. The summed E-state index contributed by atoms with van der Waals surface area (Å²) >= 11 is 8.55. The molecular weight excluding hydrogens is 511 g/mol. The highest BCUT2D eigenvalue weighted by Gasteiger charge is 2.28. The van der Waals surface area contributed by atoms with Gasteiger partial charge in [0.1, 0.15) is 16.9 Å². The number of hydrogen-bond donors (Lipinski definition) is 0. The van der Waals surface area contributed by atoms with Gasteiger partial charge in [0.05, 0.1) is 22.8 Å². The predicted octanol–water partition coefficient (Wildman–Crippen LogP) is 3.96. The number of carbonyl (C=O) groups is 1. The van der Waals surface area contributed by atoms with Crippen LogP contribution in [0.4, 0.5) is 10.6 Å². The molecule has 2 heterocycles. The Bertz CT molecular complexity index is 927. The summed E-state index contributed by atoms with van der Waals surface area (Å²) in [7, 11) is 3.11. The summed E-state index contributed by atoms with van der Waals surface area (Å²) in [5.74, 6) is 1.29.